The number of carboxylic acids is 8. The van der Waals surface area contributed by atoms with E-state index < -0.39 is 47.8 Å². The van der Waals surface area contributed by atoms with Crippen molar-refractivity contribution in [2.45, 2.75) is 27.7 Å². The van der Waals surface area contributed by atoms with Gasteiger partial charge in [-0.3, -0.25) is 9.97 Å². The molecule has 12 N–H and O–H groups in total. The Kier molecular flexibility index (Phi) is 34.6. The fourth-order valence-corrected chi connectivity index (χ4v) is 1.35. The van der Waals surface area contributed by atoms with Gasteiger partial charge in [0.1, 0.15) is 0 Å². The topological polar surface area (TPSA) is 342 Å². The molecular formula is C22H30Cu2N2O16+4. The molecule has 2 aromatic rings. The number of carbonyl (C=O) groups is 4. The molecule has 242 valence electrons. The van der Waals surface area contributed by atoms with Crippen LogP contribution in [0.3, 0.4) is 0 Å². The van der Waals surface area contributed by atoms with Crippen molar-refractivity contribution in [1.29, 1.82) is 0 Å². The molecular weight excluding hydrogens is 675 g/mol. The van der Waals surface area contributed by atoms with Crippen LogP contribution in [-0.4, -0.2) is 118 Å². The van der Waals surface area contributed by atoms with Gasteiger partial charge in [0.25, 0.3) is 0 Å². The number of aliphatic hydroxyl groups excluding tert-OH is 4. The van der Waals surface area contributed by atoms with Crippen molar-refractivity contribution >= 4 is 47.8 Å². The van der Waals surface area contributed by atoms with E-state index in [1.165, 1.54) is 27.7 Å². The summed E-state index contributed by atoms with van der Waals surface area (Å²) in [5.41, 5.74) is -0.519. The van der Waals surface area contributed by atoms with Gasteiger partial charge in [-0.1, -0.05) is 0 Å². The number of aliphatic carboxylic acids is 4. The minimum Gasteiger partial charge on any atom is -0.478 e. The van der Waals surface area contributed by atoms with Crippen molar-refractivity contribution in [2.24, 2.45) is 0 Å². The third-order valence-corrected chi connectivity index (χ3v) is 2.46. The largest absolute Gasteiger partial charge is 0.478 e. The molecule has 0 aliphatic heterocycles. The Morgan fingerprint density at radius 2 is 0.571 bits per heavy atom. The normalized spacial score (nSPS) is 7.71. The van der Waals surface area contributed by atoms with Crippen LogP contribution in [-0.2, 0) is 34.1 Å². The average molecular weight is 706 g/mol. The van der Waals surface area contributed by atoms with Crippen LogP contribution in [0.25, 0.3) is 0 Å². The van der Waals surface area contributed by atoms with Crippen LogP contribution in [0.1, 0.15) is 69.1 Å². The molecule has 0 aliphatic rings. The zero-order chi connectivity index (χ0) is 32.6. The monoisotopic (exact) mass is 704 g/mol. The van der Waals surface area contributed by atoms with Crippen molar-refractivity contribution in [2.75, 3.05) is 0 Å². The van der Waals surface area contributed by atoms with Crippen LogP contribution in [0.2, 0.25) is 0 Å². The number of hydrogen-bond donors (Lipinski definition) is 8. The number of aromatic nitrogens is 2. The van der Waals surface area contributed by atoms with E-state index in [4.69, 9.17) is 60.0 Å². The molecule has 0 fully saturated rings. The fourth-order valence-electron chi connectivity index (χ4n) is 1.35. The molecule has 42 heavy (non-hydrogen) atoms. The molecule has 0 amide bonds. The summed E-state index contributed by atoms with van der Waals surface area (Å²) >= 11 is 0. The Morgan fingerprint density at radius 1 is 0.452 bits per heavy atom. The van der Waals surface area contributed by atoms with Crippen LogP contribution >= 0.6 is 0 Å². The number of rotatable bonds is 4. The third-order valence-electron chi connectivity index (χ3n) is 2.46. The van der Waals surface area contributed by atoms with E-state index in [9.17, 15) is 19.2 Å². The number of carboxylic acid groups (broad SMARTS) is 8. The maximum atomic E-state index is 10.3. The van der Waals surface area contributed by atoms with E-state index in [-0.39, 0.29) is 56.4 Å². The first-order chi connectivity index (χ1) is 18.1. The molecule has 20 heteroatoms. The summed E-state index contributed by atoms with van der Waals surface area (Å²) in [4.78, 5) is 78.4. The fraction of sp³-hybridized carbons (Fsp3) is 0.182. The second kappa shape index (κ2) is 29.1. The van der Waals surface area contributed by atoms with Crippen LogP contribution < -0.4 is 0 Å². The number of hydrogen-bond acceptors (Lipinski definition) is 6. The Hall–Kier alpha value is -4.90. The Balaban J connectivity index is -0.000000100. The molecule has 2 aromatic heterocycles. The van der Waals surface area contributed by atoms with Gasteiger partial charge in [-0.15, -0.1) is 0 Å². The summed E-state index contributed by atoms with van der Waals surface area (Å²) in [5, 5.41) is 63.9. The number of nitrogens with zero attached hydrogens (tertiary/aromatic N) is 2. The van der Waals surface area contributed by atoms with Crippen molar-refractivity contribution in [1.82, 2.24) is 9.97 Å². The molecule has 0 aromatic carbocycles. The minimum absolute atomic E-state index is 0. The van der Waals surface area contributed by atoms with E-state index in [0.717, 1.165) is 36.9 Å². The summed E-state index contributed by atoms with van der Waals surface area (Å²) in [6.45, 7) is 4.78. The first-order valence-electron chi connectivity index (χ1n) is 9.84. The molecule has 0 saturated heterocycles. The zero-order valence-corrected chi connectivity index (χ0v) is 23.8. The van der Waals surface area contributed by atoms with Gasteiger partial charge in [-0.05, 0) is 12.1 Å². The van der Waals surface area contributed by atoms with Crippen LogP contribution in [0.5, 0.6) is 0 Å². The number of pyridine rings is 2. The van der Waals surface area contributed by atoms with E-state index in [1.54, 1.807) is 0 Å². The molecule has 2 radical (unpaired) electrons. The van der Waals surface area contributed by atoms with Crippen molar-refractivity contribution in [3.8, 4) is 0 Å². The second-order valence-corrected chi connectivity index (χ2v) is 6.33. The van der Waals surface area contributed by atoms with Crippen LogP contribution in [0, 0.1) is 0 Å². The Morgan fingerprint density at radius 3 is 0.667 bits per heavy atom. The summed E-state index contributed by atoms with van der Waals surface area (Å²) in [5.74, 6) is -7.09. The van der Waals surface area contributed by atoms with Crippen LogP contribution in [0.4, 0.5) is 0 Å². The van der Waals surface area contributed by atoms with Gasteiger partial charge in [-0.2, -0.15) is 0 Å². The number of aromatic carboxylic acids is 4. The molecule has 0 saturated carbocycles. The second-order valence-electron chi connectivity index (χ2n) is 6.33. The predicted octanol–water partition coefficient (Wildman–Crippen LogP) is 1.22. The zero-order valence-electron chi connectivity index (χ0n) is 22.0. The van der Waals surface area contributed by atoms with Crippen molar-refractivity contribution in [3.05, 3.63) is 59.2 Å². The van der Waals surface area contributed by atoms with Gasteiger partial charge in [0, 0.05) is 58.9 Å². The quantitative estimate of drug-likeness (QED) is 0.164. The van der Waals surface area contributed by atoms with E-state index in [2.05, 4.69) is 9.97 Å². The summed E-state index contributed by atoms with van der Waals surface area (Å²) < 4.78 is 0. The smallest absolute Gasteiger partial charge is 0.477 e. The molecule has 0 bridgehead atoms. The molecule has 0 spiro atoms. The molecule has 0 aliphatic carbocycles. The Bertz CT molecular complexity index is 999. The van der Waals surface area contributed by atoms with Gasteiger partial charge < -0.3 is 60.0 Å². The molecule has 2 rings (SSSR count). The maximum Gasteiger partial charge on any atom is 0.477 e. The standard InChI is InChI=1S/2C7H5NO4.4C2H4O2.2Cu/c2*9-6(10)4-1-5(7(11)12)3-8-2-4;4*1-2(3)4;;/h2*1-3H,(H,9,10)(H,11,12);4*1H3,(H,3,4);;/p+4. The van der Waals surface area contributed by atoms with Gasteiger partial charge >= 0.3 is 47.8 Å². The first kappa shape index (κ1) is 50.0. The van der Waals surface area contributed by atoms with Gasteiger partial charge in [0.05, 0.1) is 49.9 Å². The van der Waals surface area contributed by atoms with E-state index in [1.807, 2.05) is 0 Å². The minimum atomic E-state index is -1.19. The predicted molar refractivity (Wildman–Crippen MR) is 137 cm³/mol. The van der Waals surface area contributed by atoms with Crippen molar-refractivity contribution < 1.29 is 113 Å². The maximum absolute atomic E-state index is 10.3. The molecule has 2 heterocycles. The summed E-state index contributed by atoms with van der Waals surface area (Å²) in [7, 11) is 0. The molecule has 0 unspecified atom stereocenters. The van der Waals surface area contributed by atoms with Gasteiger partial charge in [0.2, 0.25) is 0 Å². The van der Waals surface area contributed by atoms with E-state index >= 15 is 0 Å². The van der Waals surface area contributed by atoms with Crippen molar-refractivity contribution in [3.63, 3.8) is 0 Å². The third kappa shape index (κ3) is 42.2. The Labute approximate surface area is 257 Å². The van der Waals surface area contributed by atoms with Gasteiger partial charge in [0.15, 0.2) is 0 Å². The van der Waals surface area contributed by atoms with Crippen LogP contribution in [0.15, 0.2) is 36.9 Å². The summed E-state index contributed by atoms with van der Waals surface area (Å²) in [6.07, 6.45) is 4.37. The molecule has 0 atom stereocenters. The average Bonchev–Trinajstić information content (AvgIpc) is 2.78. The van der Waals surface area contributed by atoms with E-state index in [0.29, 0.717) is 0 Å². The SMILES string of the molecule is CC(O)=[OH+].CC(O)=[OH+].CC(O)=[OH+].CC(O)=[OH+].O=C(O)c1cncc(C(=O)O)c1.O=C(O)c1cncc(C(=O)O)c1.[Cu].[Cu]. The van der Waals surface area contributed by atoms with Gasteiger partial charge in [-0.25, -0.2) is 19.2 Å². The summed E-state index contributed by atoms with van der Waals surface area (Å²) in [6, 6.07) is 2.11. The molecule has 18 nitrogen and oxygen atoms in total. The first-order valence-corrected chi connectivity index (χ1v) is 9.84.